The van der Waals surface area contributed by atoms with Gasteiger partial charge in [0.1, 0.15) is 12.6 Å². The molecule has 9 nitrogen and oxygen atoms in total. The summed E-state index contributed by atoms with van der Waals surface area (Å²) >= 11 is 0. The van der Waals surface area contributed by atoms with Crippen molar-refractivity contribution in [2.24, 2.45) is 5.92 Å². The van der Waals surface area contributed by atoms with Gasteiger partial charge >= 0.3 is 19.7 Å². The van der Waals surface area contributed by atoms with E-state index in [4.69, 9.17) is 14.5 Å². The van der Waals surface area contributed by atoms with E-state index in [-0.39, 0.29) is 19.6 Å². The zero-order chi connectivity index (χ0) is 19.3. The fourth-order valence-corrected chi connectivity index (χ4v) is 3.89. The summed E-state index contributed by atoms with van der Waals surface area (Å²) in [5.41, 5.74) is 0.739. The number of piperidine rings is 1. The highest BCUT2D eigenvalue weighted by Gasteiger charge is 2.44. The van der Waals surface area contributed by atoms with E-state index in [1.807, 2.05) is 6.07 Å². The molecule has 1 saturated heterocycles. The number of amides is 1. The average Bonchev–Trinajstić information content (AvgIpc) is 2.58. The maximum atomic E-state index is 12.3. The van der Waals surface area contributed by atoms with Crippen LogP contribution in [0.15, 0.2) is 30.3 Å². The van der Waals surface area contributed by atoms with Crippen LogP contribution in [0.2, 0.25) is 0 Å². The van der Waals surface area contributed by atoms with Crippen LogP contribution in [-0.2, 0) is 20.7 Å². The van der Waals surface area contributed by atoms with Crippen LogP contribution >= 0.6 is 7.60 Å². The second-order valence-electron chi connectivity index (χ2n) is 6.24. The monoisotopic (exact) mass is 387 g/mol. The molecule has 10 heteroatoms. The van der Waals surface area contributed by atoms with E-state index in [0.717, 1.165) is 10.5 Å². The SMILES string of the molecule is O=C(O)C1C(C(O)CP(=O)(O)O)CCCN1C(=O)OCc1ccccc1. The molecule has 1 fully saturated rings. The minimum Gasteiger partial charge on any atom is -0.480 e. The van der Waals surface area contributed by atoms with Gasteiger partial charge in [-0.25, -0.2) is 9.59 Å². The molecule has 0 radical (unpaired) electrons. The zero-order valence-corrected chi connectivity index (χ0v) is 14.9. The minimum absolute atomic E-state index is 0.0295. The molecule has 2 rings (SSSR count). The van der Waals surface area contributed by atoms with Crippen LogP contribution in [0.4, 0.5) is 4.79 Å². The van der Waals surface area contributed by atoms with Crippen molar-refractivity contribution in [1.29, 1.82) is 0 Å². The number of carbonyl (C=O) groups is 2. The average molecular weight is 387 g/mol. The minimum atomic E-state index is -4.52. The van der Waals surface area contributed by atoms with Crippen molar-refractivity contribution in [1.82, 2.24) is 4.90 Å². The molecule has 1 aliphatic heterocycles. The Balaban J connectivity index is 2.09. The topological polar surface area (TPSA) is 145 Å². The number of carbonyl (C=O) groups excluding carboxylic acids is 1. The standard InChI is InChI=1S/C16H22NO8P/c18-13(10-26(22,23)24)12-7-4-8-17(14(12)15(19)20)16(21)25-9-11-5-2-1-3-6-11/h1-3,5-6,12-14,18H,4,7-10H2,(H,19,20)(H2,22,23,24). The third kappa shape index (κ3) is 5.54. The van der Waals surface area contributed by atoms with Gasteiger partial charge in [0.25, 0.3) is 0 Å². The quantitative estimate of drug-likeness (QED) is 0.530. The van der Waals surface area contributed by atoms with Crippen molar-refractivity contribution in [2.45, 2.75) is 31.6 Å². The van der Waals surface area contributed by atoms with Gasteiger partial charge in [0, 0.05) is 12.5 Å². The van der Waals surface area contributed by atoms with Gasteiger partial charge in [-0.15, -0.1) is 0 Å². The van der Waals surface area contributed by atoms with Crippen LogP contribution in [0, 0.1) is 5.92 Å². The first-order valence-electron chi connectivity index (χ1n) is 8.12. The molecule has 0 spiro atoms. The number of likely N-dealkylation sites (tertiary alicyclic amines) is 1. The molecule has 0 saturated carbocycles. The highest BCUT2D eigenvalue weighted by Crippen LogP contribution is 2.39. The van der Waals surface area contributed by atoms with Crippen molar-refractivity contribution >= 4 is 19.7 Å². The summed E-state index contributed by atoms with van der Waals surface area (Å²) in [6, 6.07) is 7.46. The smallest absolute Gasteiger partial charge is 0.410 e. The Bertz CT molecular complexity index is 676. The predicted molar refractivity (Wildman–Crippen MR) is 90.4 cm³/mol. The van der Waals surface area contributed by atoms with Crippen LogP contribution in [0.25, 0.3) is 0 Å². The molecule has 144 valence electrons. The summed E-state index contributed by atoms with van der Waals surface area (Å²) in [7, 11) is -4.52. The summed E-state index contributed by atoms with van der Waals surface area (Å²) in [6.45, 7) is 0.0991. The Morgan fingerprint density at radius 2 is 1.92 bits per heavy atom. The molecule has 3 unspecified atom stereocenters. The van der Waals surface area contributed by atoms with Gasteiger partial charge in [0.2, 0.25) is 0 Å². The summed E-state index contributed by atoms with van der Waals surface area (Å²) in [5.74, 6) is -2.34. The fourth-order valence-electron chi connectivity index (χ4n) is 3.13. The summed E-state index contributed by atoms with van der Waals surface area (Å²) < 4.78 is 16.3. The van der Waals surface area contributed by atoms with E-state index >= 15 is 0 Å². The summed E-state index contributed by atoms with van der Waals surface area (Å²) in [6.07, 6.45) is -2.60. The van der Waals surface area contributed by atoms with E-state index in [0.29, 0.717) is 6.42 Å². The molecule has 1 aromatic rings. The summed E-state index contributed by atoms with van der Waals surface area (Å²) in [5, 5.41) is 19.6. The second kappa shape index (κ2) is 8.64. The first kappa shape index (κ1) is 20.4. The van der Waals surface area contributed by atoms with Gasteiger partial charge < -0.3 is 24.7 Å². The number of carboxylic acid groups (broad SMARTS) is 1. The highest BCUT2D eigenvalue weighted by atomic mass is 31.2. The van der Waals surface area contributed by atoms with Crippen molar-refractivity contribution in [2.75, 3.05) is 12.7 Å². The van der Waals surface area contributed by atoms with Gasteiger partial charge in [-0.3, -0.25) is 9.46 Å². The molecule has 0 aliphatic carbocycles. The molecule has 1 amide bonds. The lowest BCUT2D eigenvalue weighted by molar-refractivity contribution is -0.148. The van der Waals surface area contributed by atoms with Crippen LogP contribution in [-0.4, -0.2) is 61.8 Å². The van der Waals surface area contributed by atoms with Crippen LogP contribution in [0.5, 0.6) is 0 Å². The molecule has 3 atom stereocenters. The van der Waals surface area contributed by atoms with E-state index in [2.05, 4.69) is 0 Å². The number of aliphatic hydroxyl groups is 1. The van der Waals surface area contributed by atoms with Crippen LogP contribution in [0.3, 0.4) is 0 Å². The van der Waals surface area contributed by atoms with Gasteiger partial charge in [0.05, 0.1) is 12.3 Å². The number of carboxylic acids is 1. The first-order valence-corrected chi connectivity index (χ1v) is 9.91. The van der Waals surface area contributed by atoms with Gasteiger partial charge in [-0.1, -0.05) is 30.3 Å². The zero-order valence-electron chi connectivity index (χ0n) is 14.0. The lowest BCUT2D eigenvalue weighted by Crippen LogP contribution is -2.56. The largest absolute Gasteiger partial charge is 0.480 e. The number of hydrogen-bond donors (Lipinski definition) is 4. The Kier molecular flexibility index (Phi) is 6.77. The molecule has 1 heterocycles. The Labute approximate surface area is 150 Å². The molecule has 26 heavy (non-hydrogen) atoms. The molecule has 4 N–H and O–H groups in total. The van der Waals surface area contributed by atoms with E-state index < -0.39 is 43.9 Å². The van der Waals surface area contributed by atoms with E-state index in [9.17, 15) is 24.4 Å². The normalized spacial score (nSPS) is 21.9. The number of aliphatic hydroxyl groups excluding tert-OH is 1. The number of benzene rings is 1. The van der Waals surface area contributed by atoms with Gasteiger partial charge in [0.15, 0.2) is 0 Å². The number of hydrogen-bond acceptors (Lipinski definition) is 5. The van der Waals surface area contributed by atoms with Gasteiger partial charge in [-0.05, 0) is 18.4 Å². The van der Waals surface area contributed by atoms with Gasteiger partial charge in [-0.2, -0.15) is 0 Å². The highest BCUT2D eigenvalue weighted by molar-refractivity contribution is 7.51. The molecule has 1 aliphatic rings. The third-order valence-electron chi connectivity index (χ3n) is 4.29. The Morgan fingerprint density at radius 3 is 2.50 bits per heavy atom. The Hall–Kier alpha value is -1.93. The molecular formula is C16H22NO8P. The number of aliphatic carboxylic acids is 1. The van der Waals surface area contributed by atoms with Crippen LogP contribution < -0.4 is 0 Å². The third-order valence-corrected chi connectivity index (χ3v) is 5.14. The lowest BCUT2D eigenvalue weighted by atomic mass is 9.85. The maximum absolute atomic E-state index is 12.3. The first-order chi connectivity index (χ1) is 12.2. The fraction of sp³-hybridized carbons (Fsp3) is 0.500. The summed E-state index contributed by atoms with van der Waals surface area (Å²) in [4.78, 5) is 43.1. The van der Waals surface area contributed by atoms with Crippen molar-refractivity contribution < 1.29 is 38.9 Å². The van der Waals surface area contributed by atoms with Crippen molar-refractivity contribution in [3.63, 3.8) is 0 Å². The molecule has 0 bridgehead atoms. The second-order valence-corrected chi connectivity index (χ2v) is 7.93. The van der Waals surface area contributed by atoms with Crippen molar-refractivity contribution in [3.05, 3.63) is 35.9 Å². The number of rotatable bonds is 6. The van der Waals surface area contributed by atoms with Crippen LogP contribution in [0.1, 0.15) is 18.4 Å². The van der Waals surface area contributed by atoms with E-state index in [1.54, 1.807) is 24.3 Å². The molecule has 1 aromatic carbocycles. The Morgan fingerprint density at radius 1 is 1.27 bits per heavy atom. The predicted octanol–water partition coefficient (Wildman–Crippen LogP) is 1.03. The van der Waals surface area contributed by atoms with Crippen molar-refractivity contribution in [3.8, 4) is 0 Å². The lowest BCUT2D eigenvalue weighted by Gasteiger charge is -2.40. The molecule has 0 aromatic heterocycles. The number of nitrogens with zero attached hydrogens (tertiary/aromatic N) is 1. The van der Waals surface area contributed by atoms with E-state index in [1.165, 1.54) is 0 Å². The number of ether oxygens (including phenoxy) is 1. The molecular weight excluding hydrogens is 365 g/mol. The maximum Gasteiger partial charge on any atom is 0.410 e.